The molecule has 0 spiro atoms. The summed E-state index contributed by atoms with van der Waals surface area (Å²) in [6.45, 7) is 8.30. The number of rotatable bonds is 11. The predicted molar refractivity (Wildman–Crippen MR) is 186 cm³/mol. The molecule has 13 nitrogen and oxygen atoms in total. The molecule has 3 aromatic heterocycles. The van der Waals surface area contributed by atoms with Gasteiger partial charge in [-0.3, -0.25) is 0 Å². The van der Waals surface area contributed by atoms with Gasteiger partial charge in [0, 0.05) is 42.5 Å². The first kappa shape index (κ1) is 33.1. The lowest BCUT2D eigenvalue weighted by atomic mass is 10.1. The summed E-state index contributed by atoms with van der Waals surface area (Å²) in [5.74, 6) is 0.141. The standard InChI is InChI=1S/C34H37Cl2N9O4/c1-3-24(2)45-33(46)44(23-40-45)32-11-7-27(17-38-32)42-14-12-41(13-15-42)26-5-8-28(9-6-26)47-18-29-19-48-34(49-29,20-43-22-37-21-39-43)30-10-4-25(35)16-31(30)36/h4-11,16-17,21-24,29H,3,12-15,18-20H2,1-2H3/t24-,29-,34-/m1/s1. The van der Waals surface area contributed by atoms with Crippen molar-refractivity contribution >= 4 is 34.6 Å². The monoisotopic (exact) mass is 705 g/mol. The molecule has 2 fully saturated rings. The quantitative estimate of drug-likeness (QED) is 0.186. The lowest BCUT2D eigenvalue weighted by molar-refractivity contribution is -0.190. The van der Waals surface area contributed by atoms with E-state index in [0.29, 0.717) is 34.6 Å². The molecular formula is C34H37Cl2N9O4. The largest absolute Gasteiger partial charge is 0.491 e. The Bertz CT molecular complexity index is 1910. The molecule has 2 aromatic carbocycles. The first-order valence-electron chi connectivity index (χ1n) is 16.3. The molecule has 2 aliphatic rings. The summed E-state index contributed by atoms with van der Waals surface area (Å²) in [6, 6.07) is 17.3. The summed E-state index contributed by atoms with van der Waals surface area (Å²) in [4.78, 5) is 26.0. The summed E-state index contributed by atoms with van der Waals surface area (Å²) >= 11 is 12.7. The average Bonchev–Trinajstić information content (AvgIpc) is 3.88. The number of pyridine rings is 1. The van der Waals surface area contributed by atoms with Crippen molar-refractivity contribution in [2.75, 3.05) is 49.2 Å². The Morgan fingerprint density at radius 1 is 0.980 bits per heavy atom. The highest BCUT2D eigenvalue weighted by Gasteiger charge is 2.45. The molecule has 0 amide bonds. The Labute approximate surface area is 293 Å². The normalized spacial score (nSPS) is 20.1. The zero-order valence-electron chi connectivity index (χ0n) is 27.2. The van der Waals surface area contributed by atoms with Gasteiger partial charge in [0.1, 0.15) is 49.8 Å². The molecule has 0 saturated carbocycles. The fourth-order valence-corrected chi connectivity index (χ4v) is 6.66. The van der Waals surface area contributed by atoms with Crippen LogP contribution in [-0.2, 0) is 21.8 Å². The second kappa shape index (κ2) is 14.2. The van der Waals surface area contributed by atoms with Crippen LogP contribution in [0, 0.1) is 0 Å². The van der Waals surface area contributed by atoms with Gasteiger partial charge in [-0.1, -0.05) is 36.2 Å². The van der Waals surface area contributed by atoms with Crippen molar-refractivity contribution in [1.29, 1.82) is 0 Å². The Balaban J connectivity index is 0.925. The van der Waals surface area contributed by atoms with Crippen LogP contribution in [0.1, 0.15) is 31.9 Å². The third kappa shape index (κ3) is 7.02. The van der Waals surface area contributed by atoms with Crippen molar-refractivity contribution in [3.8, 4) is 11.6 Å². The van der Waals surface area contributed by atoms with Crippen molar-refractivity contribution in [3.05, 3.63) is 106 Å². The van der Waals surface area contributed by atoms with Crippen molar-refractivity contribution < 1.29 is 14.2 Å². The molecule has 3 atom stereocenters. The maximum absolute atomic E-state index is 12.8. The minimum Gasteiger partial charge on any atom is -0.491 e. The Morgan fingerprint density at radius 2 is 1.73 bits per heavy atom. The van der Waals surface area contributed by atoms with E-state index in [9.17, 15) is 4.79 Å². The van der Waals surface area contributed by atoms with Crippen LogP contribution >= 0.6 is 23.2 Å². The van der Waals surface area contributed by atoms with Gasteiger partial charge in [-0.15, -0.1) is 0 Å². The summed E-state index contributed by atoms with van der Waals surface area (Å²) in [7, 11) is 0. The second-order valence-electron chi connectivity index (χ2n) is 12.2. The second-order valence-corrected chi connectivity index (χ2v) is 13.0. The van der Waals surface area contributed by atoms with E-state index >= 15 is 0 Å². The molecule has 2 aliphatic heterocycles. The zero-order valence-corrected chi connectivity index (χ0v) is 28.7. The minimum absolute atomic E-state index is 0.0367. The van der Waals surface area contributed by atoms with Gasteiger partial charge in [0.15, 0.2) is 0 Å². The molecule has 0 unspecified atom stereocenters. The Morgan fingerprint density at radius 3 is 2.41 bits per heavy atom. The van der Waals surface area contributed by atoms with E-state index in [4.69, 9.17) is 37.4 Å². The van der Waals surface area contributed by atoms with E-state index in [0.717, 1.165) is 49.7 Å². The molecule has 256 valence electrons. The van der Waals surface area contributed by atoms with Crippen LogP contribution < -0.4 is 20.2 Å². The number of hydrogen-bond donors (Lipinski definition) is 0. The van der Waals surface area contributed by atoms with Crippen molar-refractivity contribution in [1.82, 2.24) is 34.1 Å². The van der Waals surface area contributed by atoms with E-state index in [1.54, 1.807) is 23.1 Å². The highest BCUT2D eigenvalue weighted by atomic mass is 35.5. The van der Waals surface area contributed by atoms with Crippen molar-refractivity contribution in [2.24, 2.45) is 0 Å². The van der Waals surface area contributed by atoms with Gasteiger partial charge < -0.3 is 24.0 Å². The van der Waals surface area contributed by atoms with Crippen LogP contribution in [0.3, 0.4) is 0 Å². The molecule has 0 bridgehead atoms. The lowest BCUT2D eigenvalue weighted by Crippen LogP contribution is -2.46. The molecule has 5 aromatic rings. The molecule has 0 aliphatic carbocycles. The fourth-order valence-electron chi connectivity index (χ4n) is 6.10. The number of piperazine rings is 1. The summed E-state index contributed by atoms with van der Waals surface area (Å²) in [5, 5.41) is 9.46. The molecule has 49 heavy (non-hydrogen) atoms. The van der Waals surface area contributed by atoms with Gasteiger partial charge in [0.05, 0.1) is 29.6 Å². The lowest BCUT2D eigenvalue weighted by Gasteiger charge is -2.37. The Hall–Kier alpha value is -4.43. The number of anilines is 2. The molecule has 5 heterocycles. The van der Waals surface area contributed by atoms with Gasteiger partial charge in [0.2, 0.25) is 5.79 Å². The van der Waals surface area contributed by atoms with E-state index in [1.807, 2.05) is 50.4 Å². The highest BCUT2D eigenvalue weighted by molar-refractivity contribution is 6.35. The molecule has 7 rings (SSSR count). The highest BCUT2D eigenvalue weighted by Crippen LogP contribution is 2.40. The topological polar surface area (TPSA) is 118 Å². The minimum atomic E-state index is -1.16. The van der Waals surface area contributed by atoms with Crippen LogP contribution in [0.2, 0.25) is 10.0 Å². The molecule has 0 N–H and O–H groups in total. The first-order chi connectivity index (χ1) is 23.8. The van der Waals surface area contributed by atoms with Gasteiger partial charge in [-0.2, -0.15) is 10.2 Å². The third-order valence-corrected chi connectivity index (χ3v) is 9.55. The first-order valence-corrected chi connectivity index (χ1v) is 17.0. The van der Waals surface area contributed by atoms with Crippen LogP contribution in [0.15, 0.2) is 84.6 Å². The summed E-state index contributed by atoms with van der Waals surface area (Å²) in [5.41, 5.74) is 2.64. The van der Waals surface area contributed by atoms with Gasteiger partial charge in [-0.05, 0) is 61.9 Å². The maximum atomic E-state index is 12.8. The SMILES string of the molecule is CC[C@@H](C)n1ncn(-c2ccc(N3CCN(c4ccc(OC[C@@H]5CO[C@@](Cn6cncn6)(c6ccc(Cl)cc6Cl)O5)cc4)CC3)cn2)c1=O. The molecular weight excluding hydrogens is 669 g/mol. The van der Waals surface area contributed by atoms with Gasteiger partial charge >= 0.3 is 5.69 Å². The molecule has 0 radical (unpaired) electrons. The number of hydrogen-bond acceptors (Lipinski definition) is 10. The van der Waals surface area contributed by atoms with Gasteiger partial charge in [-0.25, -0.2) is 28.7 Å². The molecule has 15 heteroatoms. The maximum Gasteiger partial charge on any atom is 0.351 e. The van der Waals surface area contributed by atoms with Crippen LogP contribution in [0.25, 0.3) is 5.82 Å². The van der Waals surface area contributed by atoms with Crippen molar-refractivity contribution in [2.45, 2.75) is 44.7 Å². The number of aromatic nitrogens is 7. The van der Waals surface area contributed by atoms with E-state index in [2.05, 4.69) is 42.1 Å². The number of halogens is 2. The zero-order chi connectivity index (χ0) is 34.0. The Kier molecular flexibility index (Phi) is 9.59. The van der Waals surface area contributed by atoms with E-state index < -0.39 is 5.79 Å². The van der Waals surface area contributed by atoms with Gasteiger partial charge in [0.25, 0.3) is 0 Å². The van der Waals surface area contributed by atoms with E-state index in [-0.39, 0.29) is 24.4 Å². The van der Waals surface area contributed by atoms with Crippen LogP contribution in [-0.4, -0.2) is 79.6 Å². The number of ether oxygens (including phenoxy) is 3. The van der Waals surface area contributed by atoms with Crippen LogP contribution in [0.4, 0.5) is 11.4 Å². The van der Waals surface area contributed by atoms with Crippen LogP contribution in [0.5, 0.6) is 5.75 Å². The molecule has 2 saturated heterocycles. The summed E-state index contributed by atoms with van der Waals surface area (Å²) in [6.07, 6.45) is 6.92. The van der Waals surface area contributed by atoms with Crippen molar-refractivity contribution in [3.63, 3.8) is 0 Å². The smallest absolute Gasteiger partial charge is 0.351 e. The van der Waals surface area contributed by atoms with E-state index in [1.165, 1.54) is 21.9 Å². The summed E-state index contributed by atoms with van der Waals surface area (Å²) < 4.78 is 23.5. The third-order valence-electron chi connectivity index (χ3n) is 9.00. The average molecular weight is 707 g/mol. The predicted octanol–water partition coefficient (Wildman–Crippen LogP) is 4.97. The number of nitrogens with zero attached hydrogens (tertiary/aromatic N) is 9. The fraction of sp³-hybridized carbons (Fsp3) is 0.382. The number of benzene rings is 2.